The molecule has 3 fully saturated rings. The average molecular weight is 590 g/mol. The van der Waals surface area contributed by atoms with E-state index in [-0.39, 0.29) is 55.8 Å². The van der Waals surface area contributed by atoms with Crippen LogP contribution < -0.4 is 5.32 Å². The van der Waals surface area contributed by atoms with Crippen LogP contribution in [0.3, 0.4) is 0 Å². The molecule has 0 heterocycles. The van der Waals surface area contributed by atoms with Gasteiger partial charge >= 0.3 is 11.9 Å². The number of ketones is 2. The predicted octanol–water partition coefficient (Wildman–Crippen LogP) is 1.48. The molecule has 8 atom stereocenters. The minimum atomic E-state index is -1.78. The number of carbonyl (C=O) groups is 5. The third-order valence-corrected chi connectivity index (χ3v) is 10.7. The Morgan fingerprint density at radius 1 is 1.17 bits per heavy atom. The number of carboxylic acid groups (broad SMARTS) is 1. The Labute approximate surface area is 245 Å². The van der Waals surface area contributed by atoms with Crippen LogP contribution in [0.4, 0.5) is 0 Å². The molecule has 5 N–H and O–H groups in total. The number of amides is 1. The molecule has 3 saturated carbocycles. The molecule has 0 aliphatic heterocycles. The smallest absolute Gasteiger partial charge is 0.333 e. The third-order valence-electron chi connectivity index (χ3n) is 10.7. The molecule has 232 valence electrons. The first kappa shape index (κ1) is 32.0. The highest BCUT2D eigenvalue weighted by atomic mass is 16.5. The van der Waals surface area contributed by atoms with Gasteiger partial charge in [-0.15, -0.1) is 0 Å². The number of allylic oxidation sites excluding steroid dienone is 4. The predicted molar refractivity (Wildman–Crippen MR) is 149 cm³/mol. The maximum atomic E-state index is 13.4. The van der Waals surface area contributed by atoms with E-state index in [1.54, 1.807) is 12.2 Å². The summed E-state index contributed by atoms with van der Waals surface area (Å²) >= 11 is 0. The number of esters is 1. The van der Waals surface area contributed by atoms with Crippen LogP contribution in [-0.2, 0) is 28.7 Å². The molecule has 0 unspecified atom stereocenters. The first-order valence-corrected chi connectivity index (χ1v) is 14.7. The van der Waals surface area contributed by atoms with Crippen LogP contribution in [0.5, 0.6) is 0 Å². The van der Waals surface area contributed by atoms with E-state index in [4.69, 9.17) is 9.84 Å². The van der Waals surface area contributed by atoms with E-state index < -0.39 is 64.3 Å². The average Bonchev–Trinajstić information content (AvgIpc) is 3.19. The summed E-state index contributed by atoms with van der Waals surface area (Å²) in [4.78, 5) is 60.9. The molecule has 11 heteroatoms. The fraction of sp³-hybridized carbons (Fsp3) is 0.710. The van der Waals surface area contributed by atoms with E-state index in [1.807, 2.05) is 13.0 Å². The highest BCUT2D eigenvalue weighted by molar-refractivity contribution is 6.01. The Hall–Kier alpha value is -2.89. The normalized spacial score (nSPS) is 36.2. The van der Waals surface area contributed by atoms with Crippen molar-refractivity contribution in [3.05, 3.63) is 23.8 Å². The van der Waals surface area contributed by atoms with Crippen molar-refractivity contribution >= 4 is 29.4 Å². The maximum Gasteiger partial charge on any atom is 0.333 e. The van der Waals surface area contributed by atoms with Crippen LogP contribution in [-0.4, -0.2) is 80.8 Å². The summed E-state index contributed by atoms with van der Waals surface area (Å²) in [6.07, 6.45) is 4.50. The standard InChI is InChI=1S/C31H43NO10/c1-28(2,26(38)27(39)40)16-32-23(36)7-8-24(37)42-15-22(35)31(41)12-10-20-19-6-5-17-13-18(33)9-11-29(17,3)25(19)21(34)14-30(20,31)4/h9,11,13,19-21,25-26,34,38,41H,5-8,10,12,14-16H2,1-4H3,(H,32,36)(H,39,40)/t19-,20-,21+,25+,26-,29-,30-,31+/m0/s1. The number of nitrogens with one attached hydrogen (secondary N) is 1. The molecule has 4 rings (SSSR count). The lowest BCUT2D eigenvalue weighted by Gasteiger charge is -2.59. The Morgan fingerprint density at radius 3 is 2.52 bits per heavy atom. The first-order valence-electron chi connectivity index (χ1n) is 14.7. The van der Waals surface area contributed by atoms with Gasteiger partial charge in [0.15, 0.2) is 18.5 Å². The molecule has 0 radical (unpaired) electrons. The second kappa shape index (κ2) is 11.3. The number of rotatable bonds is 10. The summed E-state index contributed by atoms with van der Waals surface area (Å²) in [6, 6.07) is 0. The minimum Gasteiger partial charge on any atom is -0.479 e. The van der Waals surface area contributed by atoms with E-state index in [1.165, 1.54) is 13.8 Å². The zero-order valence-electron chi connectivity index (χ0n) is 24.7. The van der Waals surface area contributed by atoms with Crippen molar-refractivity contribution in [3.63, 3.8) is 0 Å². The number of carbonyl (C=O) groups excluding carboxylic acids is 4. The number of hydrogen-bond acceptors (Lipinski definition) is 9. The number of hydrogen-bond donors (Lipinski definition) is 5. The molecule has 0 aromatic heterocycles. The zero-order valence-corrected chi connectivity index (χ0v) is 24.7. The van der Waals surface area contributed by atoms with Crippen LogP contribution in [0.25, 0.3) is 0 Å². The Morgan fingerprint density at radius 2 is 1.86 bits per heavy atom. The van der Waals surface area contributed by atoms with E-state index in [2.05, 4.69) is 12.2 Å². The Kier molecular flexibility index (Phi) is 8.63. The molecule has 42 heavy (non-hydrogen) atoms. The summed E-state index contributed by atoms with van der Waals surface area (Å²) in [5.41, 5.74) is -3.28. The van der Waals surface area contributed by atoms with Crippen LogP contribution in [0, 0.1) is 34.0 Å². The van der Waals surface area contributed by atoms with Crippen molar-refractivity contribution in [2.24, 2.45) is 34.0 Å². The summed E-state index contributed by atoms with van der Waals surface area (Å²) in [6.45, 7) is 6.07. The van der Waals surface area contributed by atoms with Gasteiger partial charge in [0.05, 0.1) is 12.5 Å². The van der Waals surface area contributed by atoms with Crippen LogP contribution >= 0.6 is 0 Å². The molecular weight excluding hydrogens is 546 g/mol. The van der Waals surface area contributed by atoms with Gasteiger partial charge in [0.25, 0.3) is 0 Å². The van der Waals surface area contributed by atoms with Crippen molar-refractivity contribution in [1.29, 1.82) is 0 Å². The van der Waals surface area contributed by atoms with Gasteiger partial charge in [-0.2, -0.15) is 0 Å². The lowest BCUT2D eigenvalue weighted by Crippen LogP contribution is -2.61. The van der Waals surface area contributed by atoms with Crippen molar-refractivity contribution in [2.75, 3.05) is 13.2 Å². The minimum absolute atomic E-state index is 0.0347. The van der Waals surface area contributed by atoms with E-state index in [9.17, 15) is 39.3 Å². The SMILES string of the molecule is CC(C)(CNC(=O)CCC(=O)OCC(=O)[C@]1(O)CC[C@H]2[C@@H]3CCC4=CC(=O)C=C[C@]4(C)[C@H]3[C@H](O)C[C@@]21C)[C@@H](O)C(=O)O. The van der Waals surface area contributed by atoms with Gasteiger partial charge in [-0.3, -0.25) is 19.2 Å². The summed E-state index contributed by atoms with van der Waals surface area (Å²) < 4.78 is 5.14. The lowest BCUT2D eigenvalue weighted by atomic mass is 9.46. The Balaban J connectivity index is 1.33. The van der Waals surface area contributed by atoms with Crippen molar-refractivity contribution in [1.82, 2.24) is 5.32 Å². The van der Waals surface area contributed by atoms with E-state index in [0.717, 1.165) is 12.0 Å². The topological polar surface area (TPSA) is 188 Å². The van der Waals surface area contributed by atoms with E-state index in [0.29, 0.717) is 12.8 Å². The monoisotopic (exact) mass is 589 g/mol. The summed E-state index contributed by atoms with van der Waals surface area (Å²) in [7, 11) is 0. The van der Waals surface area contributed by atoms with Gasteiger partial charge in [0, 0.05) is 35.1 Å². The summed E-state index contributed by atoms with van der Waals surface area (Å²) in [5, 5.41) is 44.4. The van der Waals surface area contributed by atoms with Gasteiger partial charge in [0.2, 0.25) is 11.7 Å². The van der Waals surface area contributed by atoms with Gasteiger partial charge in [-0.25, -0.2) is 4.79 Å². The number of carboxylic acids is 1. The molecule has 0 bridgehead atoms. The van der Waals surface area contributed by atoms with Gasteiger partial charge in [0.1, 0.15) is 5.60 Å². The second-order valence-corrected chi connectivity index (χ2v) is 13.7. The Bertz CT molecular complexity index is 1220. The summed E-state index contributed by atoms with van der Waals surface area (Å²) in [5.74, 6) is -3.57. The molecular formula is C31H43NO10. The van der Waals surface area contributed by atoms with Crippen LogP contribution in [0.1, 0.15) is 72.6 Å². The maximum absolute atomic E-state index is 13.4. The zero-order chi connectivity index (χ0) is 31.3. The quantitative estimate of drug-likeness (QED) is 0.234. The van der Waals surface area contributed by atoms with Crippen LogP contribution in [0.15, 0.2) is 23.8 Å². The van der Waals surface area contributed by atoms with Crippen molar-refractivity contribution in [3.8, 4) is 0 Å². The fourth-order valence-electron chi connectivity index (χ4n) is 8.19. The molecule has 11 nitrogen and oxygen atoms in total. The molecule has 4 aliphatic carbocycles. The van der Waals surface area contributed by atoms with E-state index >= 15 is 0 Å². The van der Waals surface area contributed by atoms with Crippen molar-refractivity contribution in [2.45, 2.75) is 90.4 Å². The van der Waals surface area contributed by atoms with Gasteiger partial charge < -0.3 is 30.5 Å². The fourth-order valence-corrected chi connectivity index (χ4v) is 8.19. The number of ether oxygens (including phenoxy) is 1. The van der Waals surface area contributed by atoms with Crippen molar-refractivity contribution < 1.29 is 49.1 Å². The van der Waals surface area contributed by atoms with Gasteiger partial charge in [-0.1, -0.05) is 39.3 Å². The van der Waals surface area contributed by atoms with Gasteiger partial charge in [-0.05, 0) is 56.1 Å². The highest BCUT2D eigenvalue weighted by Gasteiger charge is 2.68. The molecule has 0 spiro atoms. The largest absolute Gasteiger partial charge is 0.479 e. The molecule has 0 aromatic rings. The number of aliphatic carboxylic acids is 1. The lowest BCUT2D eigenvalue weighted by molar-refractivity contribution is -0.181. The number of aliphatic hydroxyl groups excluding tert-OH is 2. The molecule has 0 saturated heterocycles. The first-order chi connectivity index (χ1) is 19.5. The number of aliphatic hydroxyl groups is 3. The number of Topliss-reactive ketones (excluding diaryl/α,β-unsaturated/α-hetero) is 1. The number of fused-ring (bicyclic) bond motifs is 5. The molecule has 1 amide bonds. The molecule has 0 aromatic carbocycles. The highest BCUT2D eigenvalue weighted by Crippen LogP contribution is 2.67. The molecule has 4 aliphatic rings. The second-order valence-electron chi connectivity index (χ2n) is 13.7. The third kappa shape index (κ3) is 5.46. The van der Waals surface area contributed by atoms with Crippen LogP contribution in [0.2, 0.25) is 0 Å².